The van der Waals surface area contributed by atoms with Crippen molar-refractivity contribution in [3.8, 4) is 6.07 Å². The number of hydrogen-bond acceptors (Lipinski definition) is 5. The lowest BCUT2D eigenvalue weighted by Gasteiger charge is -2.35. The van der Waals surface area contributed by atoms with E-state index in [1.54, 1.807) is 40.7 Å². The van der Waals surface area contributed by atoms with E-state index in [1.807, 2.05) is 50.2 Å². The molecule has 0 saturated heterocycles. The zero-order chi connectivity index (χ0) is 25.5. The minimum atomic E-state index is -0.572. The lowest BCUT2D eigenvalue weighted by Crippen LogP contribution is -2.43. The van der Waals surface area contributed by atoms with Gasteiger partial charge in [-0.2, -0.15) is 5.26 Å². The Morgan fingerprint density at radius 1 is 1.20 bits per heavy atom. The Bertz CT molecular complexity index is 1280. The van der Waals surface area contributed by atoms with Crippen LogP contribution in [0, 0.1) is 24.2 Å². The van der Waals surface area contributed by atoms with Crippen molar-refractivity contribution < 1.29 is 4.79 Å². The molecule has 7 nitrogen and oxygen atoms in total. The highest BCUT2D eigenvalue weighted by Crippen LogP contribution is 2.30. The number of amides is 1. The first-order valence-corrected chi connectivity index (χ1v) is 12.0. The van der Waals surface area contributed by atoms with Gasteiger partial charge in [-0.25, -0.2) is 4.98 Å². The van der Waals surface area contributed by atoms with Gasteiger partial charge in [-0.05, 0) is 49.6 Å². The van der Waals surface area contributed by atoms with E-state index in [0.29, 0.717) is 35.9 Å². The van der Waals surface area contributed by atoms with Gasteiger partial charge in [0.05, 0.1) is 18.2 Å². The van der Waals surface area contributed by atoms with Crippen molar-refractivity contribution in [3.05, 3.63) is 98.2 Å². The molecular weight excluding hydrogens is 462 g/mol. The van der Waals surface area contributed by atoms with E-state index < -0.39 is 6.04 Å². The number of nitriles is 1. The van der Waals surface area contributed by atoms with Crippen molar-refractivity contribution in [2.75, 3.05) is 13.1 Å². The van der Waals surface area contributed by atoms with Crippen molar-refractivity contribution in [2.24, 2.45) is 11.7 Å². The summed E-state index contributed by atoms with van der Waals surface area (Å²) >= 11 is 6.17. The summed E-state index contributed by atoms with van der Waals surface area (Å²) in [6.45, 7) is 6.57. The number of aromatic nitrogens is 2. The molecule has 0 spiro atoms. The van der Waals surface area contributed by atoms with Gasteiger partial charge in [0.25, 0.3) is 11.5 Å². The van der Waals surface area contributed by atoms with Crippen LogP contribution in [0.2, 0.25) is 5.02 Å². The molecule has 1 heterocycles. The molecule has 0 bridgehead atoms. The van der Waals surface area contributed by atoms with Gasteiger partial charge in [0, 0.05) is 17.1 Å². The molecule has 3 rings (SSSR count). The third kappa shape index (κ3) is 5.97. The van der Waals surface area contributed by atoms with Crippen LogP contribution < -0.4 is 11.3 Å². The Labute approximate surface area is 210 Å². The molecule has 2 N–H and O–H groups in total. The largest absolute Gasteiger partial charge is 0.330 e. The molecule has 1 aromatic heterocycles. The zero-order valence-electron chi connectivity index (χ0n) is 20.2. The van der Waals surface area contributed by atoms with E-state index in [-0.39, 0.29) is 35.2 Å². The standard InChI is InChI=1S/C27H30ClN5O2/c1-18(2)24(32(14-8-13-29)27(35)21-11-7-12-22(28)15-21)25-31-23(16-30)19(3)26(34)33(25)17-20-9-5-4-6-10-20/h4-7,9-12,15,18,24H,8,13-14,17,29H2,1-3H3. The van der Waals surface area contributed by atoms with Crippen LogP contribution in [0.5, 0.6) is 0 Å². The maximum atomic E-state index is 13.7. The van der Waals surface area contributed by atoms with Gasteiger partial charge in [0.1, 0.15) is 11.9 Å². The van der Waals surface area contributed by atoms with Crippen LogP contribution in [0.4, 0.5) is 0 Å². The molecular formula is C27H30ClN5O2. The SMILES string of the molecule is Cc1c(C#N)nc(C(C(C)C)N(CCCN)C(=O)c2cccc(Cl)c2)n(Cc2ccccc2)c1=O. The number of carbonyl (C=O) groups is 1. The minimum absolute atomic E-state index is 0.0638. The Morgan fingerprint density at radius 2 is 1.91 bits per heavy atom. The molecule has 182 valence electrons. The Morgan fingerprint density at radius 3 is 2.51 bits per heavy atom. The zero-order valence-corrected chi connectivity index (χ0v) is 21.0. The fourth-order valence-corrected chi connectivity index (χ4v) is 4.32. The highest BCUT2D eigenvalue weighted by atomic mass is 35.5. The van der Waals surface area contributed by atoms with Crippen molar-refractivity contribution in [1.29, 1.82) is 5.26 Å². The molecule has 1 unspecified atom stereocenters. The maximum Gasteiger partial charge on any atom is 0.258 e. The molecule has 0 aliphatic heterocycles. The average molecular weight is 492 g/mol. The number of nitrogens with zero attached hydrogens (tertiary/aromatic N) is 4. The minimum Gasteiger partial charge on any atom is -0.330 e. The summed E-state index contributed by atoms with van der Waals surface area (Å²) in [5, 5.41) is 10.1. The first kappa shape index (κ1) is 26.1. The van der Waals surface area contributed by atoms with Gasteiger partial charge in [-0.15, -0.1) is 0 Å². The quantitative estimate of drug-likeness (QED) is 0.480. The summed E-state index contributed by atoms with van der Waals surface area (Å²) in [5.41, 5.74) is 7.20. The van der Waals surface area contributed by atoms with Crippen molar-refractivity contribution >= 4 is 17.5 Å². The second kappa shape index (κ2) is 11.8. The summed E-state index contributed by atoms with van der Waals surface area (Å²) in [7, 11) is 0. The Hall–Kier alpha value is -3.47. The summed E-state index contributed by atoms with van der Waals surface area (Å²) < 4.78 is 1.58. The fourth-order valence-electron chi connectivity index (χ4n) is 4.13. The Balaban J connectivity index is 2.22. The summed E-state index contributed by atoms with van der Waals surface area (Å²) in [6, 6.07) is 17.8. The molecule has 3 aromatic rings. The van der Waals surface area contributed by atoms with Crippen LogP contribution >= 0.6 is 11.6 Å². The molecule has 0 radical (unpaired) electrons. The van der Waals surface area contributed by atoms with Crippen molar-refractivity contribution in [1.82, 2.24) is 14.5 Å². The molecule has 0 fully saturated rings. The predicted octanol–water partition coefficient (Wildman–Crippen LogP) is 4.31. The van der Waals surface area contributed by atoms with E-state index in [4.69, 9.17) is 17.3 Å². The van der Waals surface area contributed by atoms with Crippen molar-refractivity contribution in [2.45, 2.75) is 39.8 Å². The van der Waals surface area contributed by atoms with Crippen LogP contribution in [0.3, 0.4) is 0 Å². The van der Waals surface area contributed by atoms with Crippen molar-refractivity contribution in [3.63, 3.8) is 0 Å². The van der Waals surface area contributed by atoms with Crippen LogP contribution in [-0.2, 0) is 6.54 Å². The molecule has 8 heteroatoms. The first-order valence-electron chi connectivity index (χ1n) is 11.6. The molecule has 2 aromatic carbocycles. The number of nitrogens with two attached hydrogens (primary N) is 1. The highest BCUT2D eigenvalue weighted by molar-refractivity contribution is 6.30. The second-order valence-corrected chi connectivity index (χ2v) is 9.21. The highest BCUT2D eigenvalue weighted by Gasteiger charge is 2.33. The van der Waals surface area contributed by atoms with Gasteiger partial charge in [-0.3, -0.25) is 14.2 Å². The second-order valence-electron chi connectivity index (χ2n) is 8.77. The number of benzene rings is 2. The van der Waals surface area contributed by atoms with Gasteiger partial charge >= 0.3 is 0 Å². The van der Waals surface area contributed by atoms with E-state index >= 15 is 0 Å². The fraction of sp³-hybridized carbons (Fsp3) is 0.333. The van der Waals surface area contributed by atoms with Gasteiger partial charge in [0.15, 0.2) is 5.69 Å². The lowest BCUT2D eigenvalue weighted by molar-refractivity contribution is 0.0602. The lowest BCUT2D eigenvalue weighted by atomic mass is 9.98. The number of carbonyl (C=O) groups excluding carboxylic acids is 1. The molecule has 35 heavy (non-hydrogen) atoms. The monoisotopic (exact) mass is 491 g/mol. The van der Waals surface area contributed by atoms with E-state index in [1.165, 1.54) is 0 Å². The van der Waals surface area contributed by atoms with Crippen LogP contribution in [0.25, 0.3) is 0 Å². The van der Waals surface area contributed by atoms with Crippen LogP contribution in [0.1, 0.15) is 59.3 Å². The van der Waals surface area contributed by atoms with Gasteiger partial charge in [0.2, 0.25) is 0 Å². The molecule has 1 atom stereocenters. The predicted molar refractivity (Wildman–Crippen MR) is 137 cm³/mol. The van der Waals surface area contributed by atoms with E-state index in [0.717, 1.165) is 5.56 Å². The topological polar surface area (TPSA) is 105 Å². The third-order valence-corrected chi connectivity index (χ3v) is 6.12. The Kier molecular flexibility index (Phi) is 8.80. The maximum absolute atomic E-state index is 13.7. The molecule has 0 aliphatic carbocycles. The average Bonchev–Trinajstić information content (AvgIpc) is 2.85. The van der Waals surface area contributed by atoms with Crippen LogP contribution in [-0.4, -0.2) is 33.4 Å². The summed E-state index contributed by atoms with van der Waals surface area (Å²) in [4.78, 5) is 33.5. The molecule has 1 amide bonds. The van der Waals surface area contributed by atoms with Crippen LogP contribution in [0.15, 0.2) is 59.4 Å². The summed E-state index contributed by atoms with van der Waals surface area (Å²) in [5.74, 6) is 0.0294. The van der Waals surface area contributed by atoms with E-state index in [9.17, 15) is 14.9 Å². The third-order valence-electron chi connectivity index (χ3n) is 5.88. The number of hydrogen-bond donors (Lipinski definition) is 1. The molecule has 0 aliphatic rings. The first-order chi connectivity index (χ1) is 16.8. The van der Waals surface area contributed by atoms with E-state index in [2.05, 4.69) is 4.98 Å². The molecule has 0 saturated carbocycles. The number of halogens is 1. The van der Waals surface area contributed by atoms with Gasteiger partial charge in [-0.1, -0.05) is 61.8 Å². The summed E-state index contributed by atoms with van der Waals surface area (Å²) in [6.07, 6.45) is 0.565. The number of rotatable bonds is 9. The van der Waals surface area contributed by atoms with Gasteiger partial charge < -0.3 is 10.6 Å². The smallest absolute Gasteiger partial charge is 0.258 e. The normalized spacial score (nSPS) is 11.8.